The Hall–Kier alpha value is -2.52. The van der Waals surface area contributed by atoms with Gasteiger partial charge in [-0.3, -0.25) is 4.79 Å². The molecule has 0 unspecified atom stereocenters. The predicted molar refractivity (Wildman–Crippen MR) is 119 cm³/mol. The number of nitrogens with one attached hydrogen (secondary N) is 1. The van der Waals surface area contributed by atoms with Crippen molar-refractivity contribution in [3.8, 4) is 0 Å². The van der Waals surface area contributed by atoms with Gasteiger partial charge < -0.3 is 5.32 Å². The lowest BCUT2D eigenvalue weighted by atomic mass is 9.97. The van der Waals surface area contributed by atoms with Crippen LogP contribution in [0.3, 0.4) is 0 Å². The van der Waals surface area contributed by atoms with Gasteiger partial charge in [0.05, 0.1) is 11.6 Å². The van der Waals surface area contributed by atoms with Gasteiger partial charge in [-0.25, -0.2) is 0 Å². The van der Waals surface area contributed by atoms with E-state index in [0.29, 0.717) is 0 Å². The van der Waals surface area contributed by atoms with Gasteiger partial charge in [0.1, 0.15) is 0 Å². The number of carbonyl (C=O) groups excluding carboxylic acids is 1. The quantitative estimate of drug-likeness (QED) is 0.469. The minimum atomic E-state index is -0.0111. The fourth-order valence-corrected chi connectivity index (χ4v) is 4.37. The molecule has 0 aliphatic heterocycles. The summed E-state index contributed by atoms with van der Waals surface area (Å²) in [4.78, 5) is 14.1. The van der Waals surface area contributed by atoms with E-state index in [4.69, 9.17) is 0 Å². The van der Waals surface area contributed by atoms with Crippen LogP contribution in [0.15, 0.2) is 77.7 Å². The van der Waals surface area contributed by atoms with Crippen LogP contribution in [0.4, 0.5) is 0 Å². The highest BCUT2D eigenvalue weighted by molar-refractivity contribution is 7.98. The van der Waals surface area contributed by atoms with Crippen LogP contribution < -0.4 is 5.32 Å². The molecule has 1 atom stereocenters. The molecule has 3 heteroatoms. The Kier molecular flexibility index (Phi) is 6.94. The number of amides is 1. The monoisotopic (exact) mass is 389 g/mol. The Morgan fingerprint density at radius 1 is 0.964 bits per heavy atom. The fourth-order valence-electron chi connectivity index (χ4n) is 3.37. The van der Waals surface area contributed by atoms with Gasteiger partial charge in [-0.15, -0.1) is 11.8 Å². The van der Waals surface area contributed by atoms with E-state index in [9.17, 15) is 4.79 Å². The molecule has 1 N–H and O–H groups in total. The van der Waals surface area contributed by atoms with Crippen molar-refractivity contribution in [1.82, 2.24) is 5.32 Å². The van der Waals surface area contributed by atoms with Crippen molar-refractivity contribution < 1.29 is 4.79 Å². The summed E-state index contributed by atoms with van der Waals surface area (Å²) >= 11 is 1.70. The van der Waals surface area contributed by atoms with Crippen LogP contribution in [-0.2, 0) is 5.75 Å². The molecule has 1 amide bonds. The minimum absolute atomic E-state index is 0.0111. The highest BCUT2D eigenvalue weighted by Crippen LogP contribution is 2.28. The van der Waals surface area contributed by atoms with Crippen molar-refractivity contribution in [2.24, 2.45) is 0 Å². The lowest BCUT2D eigenvalue weighted by Gasteiger charge is -2.21. The zero-order valence-electron chi connectivity index (χ0n) is 16.7. The second kappa shape index (κ2) is 9.61. The summed E-state index contributed by atoms with van der Waals surface area (Å²) in [7, 11) is 0. The van der Waals surface area contributed by atoms with Gasteiger partial charge >= 0.3 is 0 Å². The largest absolute Gasteiger partial charge is 0.345 e. The fraction of sp³-hybridized carbons (Fsp3) is 0.240. The number of aryl methyl sites for hydroxylation is 2. The smallest absolute Gasteiger partial charge is 0.252 e. The Balaban J connectivity index is 1.76. The van der Waals surface area contributed by atoms with Crippen LogP contribution in [0.1, 0.15) is 52.0 Å². The van der Waals surface area contributed by atoms with Crippen molar-refractivity contribution >= 4 is 17.7 Å². The van der Waals surface area contributed by atoms with E-state index in [-0.39, 0.29) is 11.9 Å². The molecule has 0 aliphatic rings. The first-order chi connectivity index (χ1) is 13.6. The SMILES string of the molecule is CC[C@@H](NC(=O)c1ccccc1SCc1ccccc1)c1ccc(C)cc1C. The van der Waals surface area contributed by atoms with E-state index in [2.05, 4.69) is 56.4 Å². The molecule has 3 aromatic rings. The minimum Gasteiger partial charge on any atom is -0.345 e. The molecule has 28 heavy (non-hydrogen) atoms. The Bertz CT molecular complexity index is 936. The predicted octanol–water partition coefficient (Wildman–Crippen LogP) is 6.48. The molecule has 0 bridgehead atoms. The molecular formula is C25H27NOS. The molecule has 3 aromatic carbocycles. The van der Waals surface area contributed by atoms with E-state index < -0.39 is 0 Å². The highest BCUT2D eigenvalue weighted by atomic mass is 32.2. The van der Waals surface area contributed by atoms with Gasteiger partial charge in [0.15, 0.2) is 0 Å². The summed E-state index contributed by atoms with van der Waals surface area (Å²) in [6.07, 6.45) is 0.856. The van der Waals surface area contributed by atoms with Crippen LogP contribution in [-0.4, -0.2) is 5.91 Å². The van der Waals surface area contributed by atoms with Crippen LogP contribution in [0.2, 0.25) is 0 Å². The molecule has 0 aliphatic carbocycles. The average Bonchev–Trinajstić information content (AvgIpc) is 2.72. The summed E-state index contributed by atoms with van der Waals surface area (Å²) in [5, 5.41) is 3.25. The third-order valence-electron chi connectivity index (χ3n) is 4.88. The first-order valence-corrected chi connectivity index (χ1v) is 10.7. The van der Waals surface area contributed by atoms with E-state index >= 15 is 0 Å². The summed E-state index contributed by atoms with van der Waals surface area (Å²) in [5.41, 5.74) is 5.65. The Morgan fingerprint density at radius 2 is 1.68 bits per heavy atom. The zero-order valence-corrected chi connectivity index (χ0v) is 17.6. The van der Waals surface area contributed by atoms with Gasteiger partial charge in [-0.1, -0.05) is 73.2 Å². The summed E-state index contributed by atoms with van der Waals surface area (Å²) in [6, 6.07) is 24.6. The standard InChI is InChI=1S/C25H27NOS/c1-4-23(21-15-14-18(2)16-19(21)3)26-25(27)22-12-8-9-13-24(22)28-17-20-10-6-5-7-11-20/h5-16,23H,4,17H2,1-3H3,(H,26,27)/t23-/m1/s1. The van der Waals surface area contributed by atoms with E-state index in [1.807, 2.05) is 42.5 Å². The van der Waals surface area contributed by atoms with Crippen LogP contribution in [0.25, 0.3) is 0 Å². The first-order valence-electron chi connectivity index (χ1n) is 9.72. The second-order valence-electron chi connectivity index (χ2n) is 7.06. The van der Waals surface area contributed by atoms with Gasteiger partial charge in [0.25, 0.3) is 5.91 Å². The van der Waals surface area contributed by atoms with Gasteiger partial charge in [-0.05, 0) is 49.1 Å². The molecule has 0 saturated heterocycles. The second-order valence-corrected chi connectivity index (χ2v) is 8.08. The van der Waals surface area contributed by atoms with Crippen LogP contribution in [0.5, 0.6) is 0 Å². The molecule has 0 saturated carbocycles. The number of hydrogen-bond acceptors (Lipinski definition) is 2. The summed E-state index contributed by atoms with van der Waals surface area (Å²) < 4.78 is 0. The zero-order chi connectivity index (χ0) is 19.9. The average molecular weight is 390 g/mol. The molecule has 144 valence electrons. The van der Waals surface area contributed by atoms with E-state index in [0.717, 1.165) is 22.6 Å². The molecule has 2 nitrogen and oxygen atoms in total. The third-order valence-corrected chi connectivity index (χ3v) is 6.03. The van der Waals surface area contributed by atoms with Gasteiger partial charge in [-0.2, -0.15) is 0 Å². The lowest BCUT2D eigenvalue weighted by Crippen LogP contribution is -2.29. The number of thioether (sulfide) groups is 1. The molecule has 0 heterocycles. The maximum atomic E-state index is 13.1. The van der Waals surface area contributed by atoms with Gasteiger partial charge in [0.2, 0.25) is 0 Å². The molecule has 3 rings (SSSR count). The van der Waals surface area contributed by atoms with Crippen molar-refractivity contribution in [1.29, 1.82) is 0 Å². The molecule has 0 spiro atoms. The van der Waals surface area contributed by atoms with Gasteiger partial charge in [0, 0.05) is 10.6 Å². The Labute approximate surface area is 172 Å². The Morgan fingerprint density at radius 3 is 2.39 bits per heavy atom. The van der Waals surface area contributed by atoms with Crippen molar-refractivity contribution in [2.45, 2.75) is 43.9 Å². The molecule has 0 aromatic heterocycles. The van der Waals surface area contributed by atoms with Crippen molar-refractivity contribution in [3.05, 3.63) is 101 Å². The molecular weight excluding hydrogens is 362 g/mol. The highest BCUT2D eigenvalue weighted by Gasteiger charge is 2.18. The first kappa shape index (κ1) is 20.2. The van der Waals surface area contributed by atoms with E-state index in [1.54, 1.807) is 11.8 Å². The van der Waals surface area contributed by atoms with Crippen molar-refractivity contribution in [2.75, 3.05) is 0 Å². The van der Waals surface area contributed by atoms with E-state index in [1.165, 1.54) is 22.3 Å². The van der Waals surface area contributed by atoms with Crippen molar-refractivity contribution in [3.63, 3.8) is 0 Å². The summed E-state index contributed by atoms with van der Waals surface area (Å²) in [5.74, 6) is 0.836. The number of carbonyl (C=O) groups is 1. The summed E-state index contributed by atoms with van der Waals surface area (Å²) in [6.45, 7) is 6.32. The number of rotatable bonds is 7. The third kappa shape index (κ3) is 5.05. The maximum Gasteiger partial charge on any atom is 0.252 e. The normalized spacial score (nSPS) is 11.8. The molecule has 0 fully saturated rings. The molecule has 0 radical (unpaired) electrons. The van der Waals surface area contributed by atoms with Crippen LogP contribution in [0, 0.1) is 13.8 Å². The van der Waals surface area contributed by atoms with Crippen LogP contribution >= 0.6 is 11.8 Å². The number of hydrogen-bond donors (Lipinski definition) is 1. The maximum absolute atomic E-state index is 13.1. The lowest BCUT2D eigenvalue weighted by molar-refractivity contribution is 0.0932. The number of benzene rings is 3. The topological polar surface area (TPSA) is 29.1 Å².